The Morgan fingerprint density at radius 3 is 2.77 bits per heavy atom. The first-order chi connectivity index (χ1) is 10.7. The van der Waals surface area contributed by atoms with Crippen molar-refractivity contribution in [2.24, 2.45) is 0 Å². The zero-order chi connectivity index (χ0) is 15.8. The van der Waals surface area contributed by atoms with Gasteiger partial charge in [0.1, 0.15) is 0 Å². The summed E-state index contributed by atoms with van der Waals surface area (Å²) in [4.78, 5) is 5.58. The topological polar surface area (TPSA) is 17.8 Å². The van der Waals surface area contributed by atoms with Crippen molar-refractivity contribution in [3.8, 4) is 0 Å². The number of aromatic nitrogens is 2. The fourth-order valence-corrected chi connectivity index (χ4v) is 5.93. The summed E-state index contributed by atoms with van der Waals surface area (Å²) in [6, 6.07) is 4.54. The van der Waals surface area contributed by atoms with Crippen LogP contribution >= 0.6 is 56.9 Å². The van der Waals surface area contributed by atoms with Gasteiger partial charge in [-0.15, -0.1) is 11.8 Å². The van der Waals surface area contributed by atoms with Gasteiger partial charge in [-0.2, -0.15) is 0 Å². The minimum absolute atomic E-state index is 0.997. The van der Waals surface area contributed by atoms with Gasteiger partial charge < -0.3 is 4.57 Å². The third-order valence-electron chi connectivity index (χ3n) is 3.57. The molecule has 0 aliphatic carbocycles. The van der Waals surface area contributed by atoms with Gasteiger partial charge in [0, 0.05) is 31.0 Å². The van der Waals surface area contributed by atoms with Gasteiger partial charge in [-0.05, 0) is 75.4 Å². The molecule has 1 heterocycles. The minimum Gasteiger partial charge on any atom is -0.337 e. The van der Waals surface area contributed by atoms with E-state index in [4.69, 9.17) is 0 Å². The monoisotopic (exact) mass is 540 g/mol. The Kier molecular flexibility index (Phi) is 8.59. The Labute approximate surface area is 165 Å². The molecule has 2 aromatic rings. The largest absolute Gasteiger partial charge is 0.337 e. The molecule has 0 unspecified atom stereocenters. The molecule has 0 amide bonds. The second-order valence-corrected chi connectivity index (χ2v) is 8.66. The lowest BCUT2D eigenvalue weighted by Gasteiger charge is -2.12. The van der Waals surface area contributed by atoms with Crippen molar-refractivity contribution in [3.05, 3.63) is 43.6 Å². The molecule has 0 saturated heterocycles. The maximum absolute atomic E-state index is 4.11. The SMILES string of the molecule is CCCCCCSc1c(I)ccc(CCn2ccnc2)c1I. The number of rotatable bonds is 9. The van der Waals surface area contributed by atoms with Gasteiger partial charge in [0.2, 0.25) is 0 Å². The highest BCUT2D eigenvalue weighted by atomic mass is 127. The molecule has 0 fully saturated rings. The third-order valence-corrected chi connectivity index (χ3v) is 7.64. The van der Waals surface area contributed by atoms with Gasteiger partial charge in [0.05, 0.1) is 6.33 Å². The molecule has 0 N–H and O–H groups in total. The highest BCUT2D eigenvalue weighted by Gasteiger charge is 2.10. The van der Waals surface area contributed by atoms with E-state index in [-0.39, 0.29) is 0 Å². The Hall–Kier alpha value is 0.240. The molecular weight excluding hydrogens is 518 g/mol. The van der Waals surface area contributed by atoms with Gasteiger partial charge in [-0.3, -0.25) is 0 Å². The van der Waals surface area contributed by atoms with Crippen molar-refractivity contribution in [2.45, 2.75) is 50.5 Å². The van der Waals surface area contributed by atoms with Crippen LogP contribution in [0.1, 0.15) is 38.2 Å². The lowest BCUT2D eigenvalue weighted by Crippen LogP contribution is -2.02. The summed E-state index contributed by atoms with van der Waals surface area (Å²) in [5.74, 6) is 1.23. The van der Waals surface area contributed by atoms with Crippen molar-refractivity contribution < 1.29 is 0 Å². The van der Waals surface area contributed by atoms with E-state index >= 15 is 0 Å². The Morgan fingerprint density at radius 1 is 1.18 bits per heavy atom. The lowest BCUT2D eigenvalue weighted by atomic mass is 10.1. The predicted molar refractivity (Wildman–Crippen MR) is 113 cm³/mol. The summed E-state index contributed by atoms with van der Waals surface area (Å²) in [6.07, 6.45) is 12.2. The van der Waals surface area contributed by atoms with Crippen molar-refractivity contribution in [1.82, 2.24) is 9.55 Å². The van der Waals surface area contributed by atoms with Crippen LogP contribution in [0.25, 0.3) is 0 Å². The van der Waals surface area contributed by atoms with Crippen molar-refractivity contribution in [1.29, 1.82) is 0 Å². The number of nitrogens with zero attached hydrogens (tertiary/aromatic N) is 2. The predicted octanol–water partition coefficient (Wildman–Crippen LogP) is 6.01. The maximum atomic E-state index is 4.11. The highest BCUT2D eigenvalue weighted by molar-refractivity contribution is 14.1. The zero-order valence-corrected chi connectivity index (χ0v) is 18.0. The Morgan fingerprint density at radius 2 is 2.05 bits per heavy atom. The van der Waals surface area contributed by atoms with E-state index < -0.39 is 0 Å². The van der Waals surface area contributed by atoms with E-state index in [0.717, 1.165) is 13.0 Å². The number of imidazole rings is 1. The highest BCUT2D eigenvalue weighted by Crippen LogP contribution is 2.33. The first-order valence-corrected chi connectivity index (χ1v) is 10.9. The molecule has 0 radical (unpaired) electrons. The summed E-state index contributed by atoms with van der Waals surface area (Å²) in [5.41, 5.74) is 1.45. The van der Waals surface area contributed by atoms with Crippen LogP contribution in [0.5, 0.6) is 0 Å². The van der Waals surface area contributed by atoms with E-state index in [9.17, 15) is 0 Å². The first kappa shape index (κ1) is 18.6. The molecule has 0 atom stereocenters. The van der Waals surface area contributed by atoms with E-state index in [2.05, 4.69) is 73.8 Å². The molecule has 0 saturated carbocycles. The molecular formula is C17H22I2N2S. The first-order valence-electron chi connectivity index (χ1n) is 7.77. The average molecular weight is 540 g/mol. The lowest BCUT2D eigenvalue weighted by molar-refractivity contribution is 0.692. The number of hydrogen-bond donors (Lipinski definition) is 0. The number of aryl methyl sites for hydroxylation is 2. The fourth-order valence-electron chi connectivity index (χ4n) is 2.27. The molecule has 0 bridgehead atoms. The average Bonchev–Trinajstić information content (AvgIpc) is 3.02. The molecule has 2 nitrogen and oxygen atoms in total. The maximum Gasteiger partial charge on any atom is 0.0946 e. The van der Waals surface area contributed by atoms with Crippen LogP contribution < -0.4 is 0 Å². The number of benzene rings is 1. The molecule has 120 valence electrons. The quantitative estimate of drug-likeness (QED) is 0.221. The van der Waals surface area contributed by atoms with Gasteiger partial charge in [0.25, 0.3) is 0 Å². The van der Waals surface area contributed by atoms with Crippen LogP contribution in [0.3, 0.4) is 0 Å². The van der Waals surface area contributed by atoms with Gasteiger partial charge >= 0.3 is 0 Å². The summed E-state index contributed by atoms with van der Waals surface area (Å²) in [5, 5.41) is 0. The van der Waals surface area contributed by atoms with Crippen LogP contribution in [0, 0.1) is 7.14 Å². The van der Waals surface area contributed by atoms with Crippen molar-refractivity contribution in [3.63, 3.8) is 0 Å². The normalized spacial score (nSPS) is 11.0. The van der Waals surface area contributed by atoms with Crippen molar-refractivity contribution in [2.75, 3.05) is 5.75 Å². The van der Waals surface area contributed by atoms with Gasteiger partial charge in [-0.25, -0.2) is 4.98 Å². The molecule has 1 aromatic heterocycles. The van der Waals surface area contributed by atoms with Crippen LogP contribution in [0.15, 0.2) is 35.7 Å². The summed E-state index contributed by atoms with van der Waals surface area (Å²) >= 11 is 7.02. The number of hydrogen-bond acceptors (Lipinski definition) is 2. The number of unbranched alkanes of at least 4 members (excludes halogenated alkanes) is 3. The van der Waals surface area contributed by atoms with E-state index in [1.165, 1.54) is 49.0 Å². The van der Waals surface area contributed by atoms with Crippen LogP contribution in [0.2, 0.25) is 0 Å². The van der Waals surface area contributed by atoms with Gasteiger partial charge in [-0.1, -0.05) is 32.3 Å². The standard InChI is InChI=1S/C17H22I2N2S/c1-2-3-4-5-12-22-17-15(18)7-6-14(16(17)19)8-10-21-11-9-20-13-21/h6-7,9,11,13H,2-5,8,10,12H2,1H3. The second-order valence-electron chi connectivity index (χ2n) is 5.31. The minimum atomic E-state index is 0.997. The zero-order valence-electron chi connectivity index (χ0n) is 12.9. The third kappa shape index (κ3) is 5.70. The number of halogens is 2. The molecule has 0 aliphatic heterocycles. The van der Waals surface area contributed by atoms with Gasteiger partial charge in [0.15, 0.2) is 0 Å². The van der Waals surface area contributed by atoms with Crippen LogP contribution in [0.4, 0.5) is 0 Å². The van der Waals surface area contributed by atoms with Crippen LogP contribution in [-0.2, 0) is 13.0 Å². The molecule has 5 heteroatoms. The Bertz CT molecular complexity index is 570. The second kappa shape index (κ2) is 10.2. The summed E-state index contributed by atoms with van der Waals surface area (Å²) in [6.45, 7) is 3.26. The fraction of sp³-hybridized carbons (Fsp3) is 0.471. The summed E-state index contributed by atoms with van der Waals surface area (Å²) in [7, 11) is 0. The molecule has 22 heavy (non-hydrogen) atoms. The molecule has 0 aliphatic rings. The Balaban J connectivity index is 1.95. The molecule has 1 aromatic carbocycles. The number of thioether (sulfide) groups is 1. The molecule has 2 rings (SSSR count). The van der Waals surface area contributed by atoms with E-state index in [0.29, 0.717) is 0 Å². The molecule has 0 spiro atoms. The van der Waals surface area contributed by atoms with E-state index in [1.54, 1.807) is 0 Å². The van der Waals surface area contributed by atoms with Crippen LogP contribution in [-0.4, -0.2) is 15.3 Å². The smallest absolute Gasteiger partial charge is 0.0946 e. The van der Waals surface area contributed by atoms with E-state index in [1.807, 2.05) is 30.5 Å². The van der Waals surface area contributed by atoms with Crippen molar-refractivity contribution >= 4 is 56.9 Å². The summed E-state index contributed by atoms with van der Waals surface area (Å²) < 4.78 is 4.96.